The fraction of sp³-hybridized carbons (Fsp3) is 0.462. The lowest BCUT2D eigenvalue weighted by atomic mass is 10.2. The molecule has 6 heteroatoms. The van der Waals surface area contributed by atoms with Crippen molar-refractivity contribution in [1.29, 1.82) is 0 Å². The molecule has 0 aliphatic carbocycles. The molecule has 1 heterocycles. The number of aryl methyl sites for hydroxylation is 1. The minimum atomic E-state index is -0.412. The van der Waals surface area contributed by atoms with Crippen LogP contribution in [0.25, 0.3) is 0 Å². The highest BCUT2D eigenvalue weighted by molar-refractivity contribution is 7.99. The highest BCUT2D eigenvalue weighted by Gasteiger charge is 2.30. The number of para-hydroxylation sites is 1. The second-order valence-corrected chi connectivity index (χ2v) is 5.69. The second-order valence-electron chi connectivity index (χ2n) is 4.63. The molecule has 2 rings (SSSR count). The van der Waals surface area contributed by atoms with Crippen LogP contribution in [-0.4, -0.2) is 23.9 Å². The van der Waals surface area contributed by atoms with Gasteiger partial charge in [0.05, 0.1) is 6.10 Å². The van der Waals surface area contributed by atoms with E-state index in [1.54, 1.807) is 11.8 Å². The van der Waals surface area contributed by atoms with Crippen LogP contribution in [0.15, 0.2) is 23.1 Å². The highest BCUT2D eigenvalue weighted by Crippen LogP contribution is 2.31. The monoisotopic (exact) mass is 281 g/mol. The van der Waals surface area contributed by atoms with Crippen LogP contribution >= 0.6 is 11.8 Å². The number of carbonyl (C=O) groups excluding carboxylic acids is 1. The number of hydrogen-bond donors (Lipinski definition) is 3. The van der Waals surface area contributed by atoms with Crippen molar-refractivity contribution in [2.45, 2.75) is 36.9 Å². The molecule has 5 nitrogen and oxygen atoms in total. The molecule has 2 unspecified atom stereocenters. The highest BCUT2D eigenvalue weighted by atomic mass is 32.2. The standard InChI is InChI=1S/C13H19N3O2S/c1-8-3-2-4-11(12(8)14)19-7-9-5-6-10(18-9)13(17)16-15/h2-4,9-10H,5-7,14-15H2,1H3,(H,16,17). The third-order valence-electron chi connectivity index (χ3n) is 3.25. The van der Waals surface area contributed by atoms with Crippen molar-refractivity contribution in [2.75, 3.05) is 11.5 Å². The third-order valence-corrected chi connectivity index (χ3v) is 4.46. The van der Waals surface area contributed by atoms with Gasteiger partial charge in [-0.05, 0) is 31.4 Å². The van der Waals surface area contributed by atoms with Crippen molar-refractivity contribution in [3.63, 3.8) is 0 Å². The molecule has 1 amide bonds. The Morgan fingerprint density at radius 2 is 2.32 bits per heavy atom. The maximum atomic E-state index is 11.3. The molecule has 5 N–H and O–H groups in total. The van der Waals surface area contributed by atoms with Gasteiger partial charge in [-0.2, -0.15) is 0 Å². The molecule has 1 aromatic carbocycles. The van der Waals surface area contributed by atoms with Crippen LogP contribution in [0.3, 0.4) is 0 Å². The molecule has 19 heavy (non-hydrogen) atoms. The average Bonchev–Trinajstić information content (AvgIpc) is 2.88. The van der Waals surface area contributed by atoms with Gasteiger partial charge >= 0.3 is 0 Å². The minimum absolute atomic E-state index is 0.0761. The van der Waals surface area contributed by atoms with E-state index in [1.807, 2.05) is 25.1 Å². The Balaban J connectivity index is 1.87. The molecule has 1 aromatic rings. The van der Waals surface area contributed by atoms with Crippen LogP contribution in [0.2, 0.25) is 0 Å². The first kappa shape index (κ1) is 14.2. The van der Waals surface area contributed by atoms with Crippen molar-refractivity contribution in [1.82, 2.24) is 5.43 Å². The topological polar surface area (TPSA) is 90.4 Å². The zero-order valence-electron chi connectivity index (χ0n) is 10.9. The van der Waals surface area contributed by atoms with Crippen LogP contribution in [0, 0.1) is 6.92 Å². The molecular weight excluding hydrogens is 262 g/mol. The van der Waals surface area contributed by atoms with E-state index in [4.69, 9.17) is 16.3 Å². The largest absolute Gasteiger partial charge is 0.398 e. The maximum absolute atomic E-state index is 11.3. The van der Waals surface area contributed by atoms with E-state index in [2.05, 4.69) is 5.43 Å². The predicted molar refractivity (Wildman–Crippen MR) is 76.5 cm³/mol. The Morgan fingerprint density at radius 3 is 3.05 bits per heavy atom. The number of ether oxygens (including phenoxy) is 1. The van der Waals surface area contributed by atoms with E-state index in [0.717, 1.165) is 34.7 Å². The molecule has 0 aromatic heterocycles. The van der Waals surface area contributed by atoms with Crippen LogP contribution in [0.5, 0.6) is 0 Å². The Kier molecular flexibility index (Phi) is 4.68. The number of nitrogen functional groups attached to an aromatic ring is 1. The van der Waals surface area contributed by atoms with Gasteiger partial charge in [-0.1, -0.05) is 12.1 Å². The molecule has 104 valence electrons. The number of nitrogens with one attached hydrogen (secondary N) is 1. The summed E-state index contributed by atoms with van der Waals surface area (Å²) in [7, 11) is 0. The van der Waals surface area contributed by atoms with Crippen LogP contribution in [0.1, 0.15) is 18.4 Å². The second kappa shape index (κ2) is 6.27. The van der Waals surface area contributed by atoms with E-state index in [9.17, 15) is 4.79 Å². The summed E-state index contributed by atoms with van der Waals surface area (Å²) in [5.41, 5.74) is 10.1. The van der Waals surface area contributed by atoms with Gasteiger partial charge in [-0.25, -0.2) is 5.84 Å². The first-order valence-electron chi connectivity index (χ1n) is 6.25. The van der Waals surface area contributed by atoms with E-state index < -0.39 is 6.10 Å². The molecule has 0 radical (unpaired) electrons. The van der Waals surface area contributed by atoms with E-state index in [0.29, 0.717) is 0 Å². The van der Waals surface area contributed by atoms with Crippen molar-refractivity contribution in [3.05, 3.63) is 23.8 Å². The molecule has 1 aliphatic heterocycles. The quantitative estimate of drug-likeness (QED) is 0.254. The summed E-state index contributed by atoms with van der Waals surface area (Å²) < 4.78 is 5.65. The summed E-state index contributed by atoms with van der Waals surface area (Å²) >= 11 is 1.67. The number of rotatable bonds is 4. The number of carbonyl (C=O) groups is 1. The Morgan fingerprint density at radius 1 is 1.53 bits per heavy atom. The van der Waals surface area contributed by atoms with Gasteiger partial charge in [0, 0.05) is 16.3 Å². The van der Waals surface area contributed by atoms with Gasteiger partial charge in [0.25, 0.3) is 5.91 Å². The van der Waals surface area contributed by atoms with Gasteiger partial charge in [-0.15, -0.1) is 11.8 Å². The van der Waals surface area contributed by atoms with Crippen LogP contribution < -0.4 is 17.0 Å². The van der Waals surface area contributed by atoms with Gasteiger partial charge in [0.1, 0.15) is 6.10 Å². The Labute approximate surface area is 117 Å². The first-order chi connectivity index (χ1) is 9.11. The van der Waals surface area contributed by atoms with Crippen molar-refractivity contribution in [2.24, 2.45) is 5.84 Å². The molecule has 1 saturated heterocycles. The van der Waals surface area contributed by atoms with E-state index >= 15 is 0 Å². The normalized spacial score (nSPS) is 22.4. The van der Waals surface area contributed by atoms with Crippen molar-refractivity contribution < 1.29 is 9.53 Å². The Hall–Kier alpha value is -1.24. The fourth-order valence-corrected chi connectivity index (χ4v) is 3.18. The lowest BCUT2D eigenvalue weighted by molar-refractivity contribution is -0.131. The molecular formula is C13H19N3O2S. The van der Waals surface area contributed by atoms with Crippen LogP contribution in [0.4, 0.5) is 5.69 Å². The summed E-state index contributed by atoms with van der Waals surface area (Å²) in [6.07, 6.45) is 1.26. The molecule has 0 spiro atoms. The van der Waals surface area contributed by atoms with Gasteiger partial charge < -0.3 is 10.5 Å². The van der Waals surface area contributed by atoms with E-state index in [1.165, 1.54) is 0 Å². The molecule has 0 saturated carbocycles. The molecule has 1 aliphatic rings. The van der Waals surface area contributed by atoms with Gasteiger partial charge in [0.15, 0.2) is 0 Å². The zero-order valence-corrected chi connectivity index (χ0v) is 11.7. The lowest BCUT2D eigenvalue weighted by Gasteiger charge is -2.13. The summed E-state index contributed by atoms with van der Waals surface area (Å²) in [6.45, 7) is 1.99. The average molecular weight is 281 g/mol. The lowest BCUT2D eigenvalue weighted by Crippen LogP contribution is -2.39. The van der Waals surface area contributed by atoms with Gasteiger partial charge in [0.2, 0.25) is 0 Å². The predicted octanol–water partition coefficient (Wildman–Crippen LogP) is 1.21. The SMILES string of the molecule is Cc1cccc(SCC2CCC(C(=O)NN)O2)c1N. The maximum Gasteiger partial charge on any atom is 0.263 e. The van der Waals surface area contributed by atoms with Crippen molar-refractivity contribution >= 4 is 23.4 Å². The summed E-state index contributed by atoms with van der Waals surface area (Å²) in [5.74, 6) is 5.64. The molecule has 2 atom stereocenters. The number of thioether (sulfide) groups is 1. The third kappa shape index (κ3) is 3.40. The number of benzene rings is 1. The number of amides is 1. The summed E-state index contributed by atoms with van der Waals surface area (Å²) in [5, 5.41) is 0. The van der Waals surface area contributed by atoms with Crippen LogP contribution in [-0.2, 0) is 9.53 Å². The Bertz CT molecular complexity index is 467. The molecule has 0 bridgehead atoms. The number of nitrogens with two attached hydrogens (primary N) is 2. The van der Waals surface area contributed by atoms with Gasteiger partial charge in [-0.3, -0.25) is 10.2 Å². The number of anilines is 1. The summed E-state index contributed by atoms with van der Waals surface area (Å²) in [4.78, 5) is 12.4. The van der Waals surface area contributed by atoms with Crippen molar-refractivity contribution in [3.8, 4) is 0 Å². The fourth-order valence-electron chi connectivity index (χ4n) is 2.08. The number of hydrazine groups is 1. The summed E-state index contributed by atoms with van der Waals surface area (Å²) in [6, 6.07) is 5.99. The molecule has 1 fully saturated rings. The minimum Gasteiger partial charge on any atom is -0.398 e. The number of hydrogen-bond acceptors (Lipinski definition) is 5. The smallest absolute Gasteiger partial charge is 0.263 e. The first-order valence-corrected chi connectivity index (χ1v) is 7.24. The van der Waals surface area contributed by atoms with E-state index in [-0.39, 0.29) is 12.0 Å². The zero-order chi connectivity index (χ0) is 13.8.